The highest BCUT2D eigenvalue weighted by atomic mass is 32.1. The van der Waals surface area contributed by atoms with Crippen LogP contribution in [0.1, 0.15) is 50.8 Å². The van der Waals surface area contributed by atoms with Gasteiger partial charge in [-0.1, -0.05) is 18.2 Å². The standard InChI is InChI=1S/C30H28F6N4O3S/c1-17-4-5-20(10-18(17)2)11-25-15-39(26(42)7-6-24-16-44-28(38-24)37-19(3)41)8-9-40(25)27(43)21-12-22(29(31,32)33)14-23(13-21)30(34,35)36/h4-7,10,12-14,16,25H,8-9,11,15H2,1-3H3,(H,37,38,41)/t25-/m1/s1. The van der Waals surface area contributed by atoms with Crippen LogP contribution in [0.2, 0.25) is 0 Å². The second kappa shape index (κ2) is 12.8. The van der Waals surface area contributed by atoms with Gasteiger partial charge in [-0.25, -0.2) is 4.98 Å². The van der Waals surface area contributed by atoms with Crippen molar-refractivity contribution < 1.29 is 40.7 Å². The Kier molecular flexibility index (Phi) is 9.52. The Bertz CT molecular complexity index is 1570. The van der Waals surface area contributed by atoms with Gasteiger partial charge in [0.25, 0.3) is 5.91 Å². The summed E-state index contributed by atoms with van der Waals surface area (Å²) < 4.78 is 81.0. The number of halogens is 6. The van der Waals surface area contributed by atoms with Gasteiger partial charge in [0, 0.05) is 43.6 Å². The van der Waals surface area contributed by atoms with Gasteiger partial charge in [-0.3, -0.25) is 14.4 Å². The van der Waals surface area contributed by atoms with E-state index in [4.69, 9.17) is 0 Å². The summed E-state index contributed by atoms with van der Waals surface area (Å²) in [5.74, 6) is -1.71. The predicted molar refractivity (Wildman–Crippen MR) is 153 cm³/mol. The van der Waals surface area contributed by atoms with E-state index >= 15 is 0 Å². The van der Waals surface area contributed by atoms with Crippen LogP contribution < -0.4 is 5.32 Å². The van der Waals surface area contributed by atoms with Crippen LogP contribution in [-0.4, -0.2) is 58.2 Å². The fourth-order valence-corrected chi connectivity index (χ4v) is 5.50. The van der Waals surface area contributed by atoms with Gasteiger partial charge in [-0.2, -0.15) is 26.3 Å². The number of anilines is 1. The first-order valence-electron chi connectivity index (χ1n) is 13.4. The molecule has 4 rings (SSSR count). The number of aryl methyl sites for hydroxylation is 2. The highest BCUT2D eigenvalue weighted by Crippen LogP contribution is 2.37. The van der Waals surface area contributed by atoms with E-state index < -0.39 is 46.9 Å². The normalized spacial score (nSPS) is 16.0. The summed E-state index contributed by atoms with van der Waals surface area (Å²) in [4.78, 5) is 44.8. The Labute approximate surface area is 253 Å². The van der Waals surface area contributed by atoms with E-state index in [1.54, 1.807) is 5.38 Å². The van der Waals surface area contributed by atoms with E-state index in [1.807, 2.05) is 32.0 Å². The van der Waals surface area contributed by atoms with Gasteiger partial charge in [0.05, 0.1) is 22.9 Å². The van der Waals surface area contributed by atoms with Gasteiger partial charge in [0.15, 0.2) is 5.13 Å². The maximum absolute atomic E-state index is 13.6. The SMILES string of the molecule is CC(=O)Nc1nc(C=CC(=O)N2CCN(C(=O)c3cc(C(F)(F)F)cc(C(F)(F)F)c3)[C@H](Cc3ccc(C)c(C)c3)C2)cs1. The highest BCUT2D eigenvalue weighted by Gasteiger charge is 2.39. The monoisotopic (exact) mass is 638 g/mol. The van der Waals surface area contributed by atoms with Gasteiger partial charge in [-0.15, -0.1) is 11.3 Å². The number of nitrogens with zero attached hydrogens (tertiary/aromatic N) is 3. The molecule has 0 spiro atoms. The van der Waals surface area contributed by atoms with Crippen LogP contribution in [0.15, 0.2) is 47.9 Å². The zero-order valence-electron chi connectivity index (χ0n) is 23.8. The molecule has 0 radical (unpaired) electrons. The minimum absolute atomic E-state index is 0.00235. The van der Waals surface area contributed by atoms with Crippen LogP contribution in [0.25, 0.3) is 6.08 Å². The Balaban J connectivity index is 1.62. The average molecular weight is 639 g/mol. The molecular weight excluding hydrogens is 610 g/mol. The first-order valence-corrected chi connectivity index (χ1v) is 14.3. The number of rotatable bonds is 6. The van der Waals surface area contributed by atoms with Crippen LogP contribution in [0, 0.1) is 13.8 Å². The summed E-state index contributed by atoms with van der Waals surface area (Å²) in [6.07, 6.45) is -7.27. The van der Waals surface area contributed by atoms with Gasteiger partial charge in [0.2, 0.25) is 11.8 Å². The number of benzene rings is 2. The molecule has 7 nitrogen and oxygen atoms in total. The maximum atomic E-state index is 13.6. The smallest absolute Gasteiger partial charge is 0.335 e. The van der Waals surface area contributed by atoms with E-state index in [1.165, 1.54) is 40.2 Å². The Morgan fingerprint density at radius 3 is 2.23 bits per heavy atom. The van der Waals surface area contributed by atoms with Crippen LogP contribution in [-0.2, 0) is 28.4 Å². The minimum Gasteiger partial charge on any atom is -0.335 e. The second-order valence-corrected chi connectivity index (χ2v) is 11.3. The number of piperazine rings is 1. The molecule has 3 amide bonds. The van der Waals surface area contributed by atoms with Gasteiger partial charge < -0.3 is 15.1 Å². The third-order valence-electron chi connectivity index (χ3n) is 7.13. The Hall–Kier alpha value is -4.20. The largest absolute Gasteiger partial charge is 0.416 e. The molecule has 0 saturated carbocycles. The molecule has 1 aliphatic heterocycles. The first kappa shape index (κ1) is 32.7. The van der Waals surface area contributed by atoms with Crippen molar-refractivity contribution in [2.24, 2.45) is 0 Å². The van der Waals surface area contributed by atoms with Crippen molar-refractivity contribution in [2.75, 3.05) is 25.0 Å². The zero-order chi connectivity index (χ0) is 32.4. The third kappa shape index (κ3) is 8.04. The fourth-order valence-electron chi connectivity index (χ4n) is 4.78. The molecule has 2 heterocycles. The third-order valence-corrected chi connectivity index (χ3v) is 7.91. The summed E-state index contributed by atoms with van der Waals surface area (Å²) >= 11 is 1.17. The molecule has 0 bridgehead atoms. The summed E-state index contributed by atoms with van der Waals surface area (Å²) in [6.45, 7) is 5.01. The van der Waals surface area contributed by atoms with Crippen molar-refractivity contribution in [3.63, 3.8) is 0 Å². The molecule has 1 aliphatic rings. The lowest BCUT2D eigenvalue weighted by Crippen LogP contribution is -2.57. The number of carbonyl (C=O) groups excluding carboxylic acids is 3. The van der Waals surface area contributed by atoms with E-state index in [0.717, 1.165) is 16.7 Å². The molecule has 1 N–H and O–H groups in total. The maximum Gasteiger partial charge on any atom is 0.416 e. The van der Waals surface area contributed by atoms with Crippen molar-refractivity contribution in [1.29, 1.82) is 0 Å². The molecule has 3 aromatic rings. The molecule has 1 saturated heterocycles. The number of nitrogens with one attached hydrogen (secondary N) is 1. The number of aromatic nitrogens is 1. The van der Waals surface area contributed by atoms with Crippen LogP contribution >= 0.6 is 11.3 Å². The van der Waals surface area contributed by atoms with E-state index in [0.29, 0.717) is 23.0 Å². The molecule has 1 atom stereocenters. The summed E-state index contributed by atoms with van der Waals surface area (Å²) in [7, 11) is 0. The quantitative estimate of drug-likeness (QED) is 0.252. The lowest BCUT2D eigenvalue weighted by Gasteiger charge is -2.41. The predicted octanol–water partition coefficient (Wildman–Crippen LogP) is 6.37. The first-order chi connectivity index (χ1) is 20.5. The van der Waals surface area contributed by atoms with E-state index in [9.17, 15) is 40.7 Å². The molecule has 1 aromatic heterocycles. The zero-order valence-corrected chi connectivity index (χ0v) is 24.7. The Morgan fingerprint density at radius 1 is 0.977 bits per heavy atom. The van der Waals surface area contributed by atoms with Crippen molar-refractivity contribution in [1.82, 2.24) is 14.8 Å². The summed E-state index contributed by atoms with van der Waals surface area (Å²) in [6, 6.07) is 5.67. The van der Waals surface area contributed by atoms with Crippen LogP contribution in [0.4, 0.5) is 31.5 Å². The summed E-state index contributed by atoms with van der Waals surface area (Å²) in [5, 5.41) is 4.53. The number of alkyl halides is 6. The lowest BCUT2D eigenvalue weighted by atomic mass is 9.97. The number of hydrogen-bond acceptors (Lipinski definition) is 5. The number of carbonyl (C=O) groups is 3. The second-order valence-electron chi connectivity index (χ2n) is 10.4. The Morgan fingerprint density at radius 2 is 1.64 bits per heavy atom. The number of hydrogen-bond donors (Lipinski definition) is 1. The molecule has 0 unspecified atom stereocenters. The van der Waals surface area contributed by atoms with Crippen molar-refractivity contribution >= 4 is 40.3 Å². The van der Waals surface area contributed by atoms with Gasteiger partial charge in [-0.05, 0) is 61.2 Å². The topological polar surface area (TPSA) is 82.6 Å². The average Bonchev–Trinajstić information content (AvgIpc) is 3.38. The van der Waals surface area contributed by atoms with Crippen LogP contribution in [0.3, 0.4) is 0 Å². The molecule has 234 valence electrons. The van der Waals surface area contributed by atoms with Gasteiger partial charge in [0.1, 0.15) is 0 Å². The molecule has 0 aliphatic carbocycles. The van der Waals surface area contributed by atoms with E-state index in [2.05, 4.69) is 10.3 Å². The number of amides is 3. The number of thiazole rings is 1. The van der Waals surface area contributed by atoms with E-state index in [-0.39, 0.29) is 38.0 Å². The molecule has 14 heteroatoms. The lowest BCUT2D eigenvalue weighted by molar-refractivity contribution is -0.143. The summed E-state index contributed by atoms with van der Waals surface area (Å²) in [5.41, 5.74) is -0.712. The molecule has 1 fully saturated rings. The molecular formula is C30H28F6N4O3S. The van der Waals surface area contributed by atoms with Crippen molar-refractivity contribution in [2.45, 2.75) is 45.6 Å². The molecule has 2 aromatic carbocycles. The highest BCUT2D eigenvalue weighted by molar-refractivity contribution is 7.14. The van der Waals surface area contributed by atoms with Crippen LogP contribution in [0.5, 0.6) is 0 Å². The van der Waals surface area contributed by atoms with Crippen molar-refractivity contribution in [3.8, 4) is 0 Å². The van der Waals surface area contributed by atoms with Gasteiger partial charge >= 0.3 is 12.4 Å². The van der Waals surface area contributed by atoms with Crippen molar-refractivity contribution in [3.05, 3.63) is 86.9 Å². The molecule has 44 heavy (non-hydrogen) atoms. The minimum atomic E-state index is -5.10. The fraction of sp³-hybridized carbons (Fsp3) is 0.333.